The Balaban J connectivity index is 1.85. The highest BCUT2D eigenvalue weighted by Crippen LogP contribution is 2.11. The van der Waals surface area contributed by atoms with Gasteiger partial charge in [0.15, 0.2) is 0 Å². The molecule has 0 saturated carbocycles. The number of hydrogen-bond donors (Lipinski definition) is 1. The van der Waals surface area contributed by atoms with Gasteiger partial charge in [-0.15, -0.1) is 0 Å². The summed E-state index contributed by atoms with van der Waals surface area (Å²) in [5.41, 5.74) is 0.836. The van der Waals surface area contributed by atoms with Crippen LogP contribution < -0.4 is 10.4 Å². The minimum Gasteiger partial charge on any atom is -0.492 e. The lowest BCUT2D eigenvalue weighted by molar-refractivity contribution is 0.296. The Morgan fingerprint density at radius 1 is 1.24 bits per heavy atom. The molecule has 1 heterocycles. The molecule has 2 rings (SSSR count). The zero-order valence-electron chi connectivity index (χ0n) is 12.0. The number of aliphatic hydroxyl groups is 1. The van der Waals surface area contributed by atoms with Crippen molar-refractivity contribution in [2.75, 3.05) is 13.2 Å². The van der Waals surface area contributed by atoms with E-state index >= 15 is 0 Å². The number of rotatable bonds is 5. The standard InChI is InChI=1S/C16H18N2O3/c1-17-9-10-18(16(17)20)11-13-21-15-7-5-14(6-8-15)4-2-3-12-19/h5-10,19H,3,11-13H2,1H3. The summed E-state index contributed by atoms with van der Waals surface area (Å²) in [6.07, 6.45) is 3.94. The van der Waals surface area contributed by atoms with Gasteiger partial charge in [0.1, 0.15) is 12.4 Å². The Morgan fingerprint density at radius 3 is 2.62 bits per heavy atom. The van der Waals surface area contributed by atoms with Gasteiger partial charge < -0.3 is 14.4 Å². The van der Waals surface area contributed by atoms with Gasteiger partial charge in [-0.25, -0.2) is 4.79 Å². The Hall–Kier alpha value is -2.45. The average molecular weight is 286 g/mol. The fourth-order valence-electron chi connectivity index (χ4n) is 1.80. The molecule has 0 aliphatic rings. The Morgan fingerprint density at radius 2 is 2.00 bits per heavy atom. The summed E-state index contributed by atoms with van der Waals surface area (Å²) < 4.78 is 8.73. The number of aromatic nitrogens is 2. The molecule has 1 N–H and O–H groups in total. The maximum absolute atomic E-state index is 11.6. The van der Waals surface area contributed by atoms with E-state index < -0.39 is 0 Å². The van der Waals surface area contributed by atoms with Crippen molar-refractivity contribution in [2.24, 2.45) is 7.05 Å². The highest BCUT2D eigenvalue weighted by Gasteiger charge is 2.00. The molecule has 0 atom stereocenters. The van der Waals surface area contributed by atoms with E-state index in [-0.39, 0.29) is 12.3 Å². The van der Waals surface area contributed by atoms with Crippen molar-refractivity contribution < 1.29 is 9.84 Å². The van der Waals surface area contributed by atoms with Crippen LogP contribution in [0.2, 0.25) is 0 Å². The summed E-state index contributed by atoms with van der Waals surface area (Å²) in [5.74, 6) is 6.56. The van der Waals surface area contributed by atoms with Gasteiger partial charge in [0.05, 0.1) is 13.2 Å². The molecule has 21 heavy (non-hydrogen) atoms. The quantitative estimate of drug-likeness (QED) is 0.834. The highest BCUT2D eigenvalue weighted by molar-refractivity contribution is 5.38. The average Bonchev–Trinajstić information content (AvgIpc) is 2.81. The fourth-order valence-corrected chi connectivity index (χ4v) is 1.80. The molecule has 2 aromatic rings. The van der Waals surface area contributed by atoms with Crippen molar-refractivity contribution in [3.05, 3.63) is 52.7 Å². The van der Waals surface area contributed by atoms with E-state index in [4.69, 9.17) is 9.84 Å². The zero-order valence-corrected chi connectivity index (χ0v) is 12.0. The Kier molecular flexibility index (Phi) is 5.24. The van der Waals surface area contributed by atoms with Gasteiger partial charge in [-0.05, 0) is 24.3 Å². The molecule has 0 spiro atoms. The summed E-state index contributed by atoms with van der Waals surface area (Å²) in [7, 11) is 1.72. The monoisotopic (exact) mass is 286 g/mol. The predicted octanol–water partition coefficient (Wildman–Crippen LogP) is 1.000. The van der Waals surface area contributed by atoms with Crippen molar-refractivity contribution in [2.45, 2.75) is 13.0 Å². The maximum Gasteiger partial charge on any atom is 0.327 e. The Bertz CT molecular complexity index is 687. The maximum atomic E-state index is 11.6. The van der Waals surface area contributed by atoms with Crippen molar-refractivity contribution in [3.8, 4) is 17.6 Å². The first-order chi connectivity index (χ1) is 10.2. The molecule has 0 radical (unpaired) electrons. The molecular formula is C16H18N2O3. The van der Waals surface area contributed by atoms with Gasteiger partial charge in [0, 0.05) is 31.4 Å². The van der Waals surface area contributed by atoms with E-state index in [1.165, 1.54) is 4.57 Å². The van der Waals surface area contributed by atoms with Crippen LogP contribution in [0.4, 0.5) is 0 Å². The summed E-state index contributed by atoms with van der Waals surface area (Å²) in [6, 6.07) is 7.43. The number of ether oxygens (including phenoxy) is 1. The van der Waals surface area contributed by atoms with Gasteiger partial charge >= 0.3 is 5.69 Å². The van der Waals surface area contributed by atoms with Crippen molar-refractivity contribution >= 4 is 0 Å². The molecule has 1 aromatic carbocycles. The first-order valence-corrected chi connectivity index (χ1v) is 6.75. The lowest BCUT2D eigenvalue weighted by Gasteiger charge is -2.06. The molecule has 0 amide bonds. The van der Waals surface area contributed by atoms with Crippen LogP contribution in [0.25, 0.3) is 0 Å². The van der Waals surface area contributed by atoms with Crippen molar-refractivity contribution in [1.29, 1.82) is 0 Å². The summed E-state index contributed by atoms with van der Waals surface area (Å²) in [6.45, 7) is 1.02. The van der Waals surface area contributed by atoms with Crippen molar-refractivity contribution in [3.63, 3.8) is 0 Å². The predicted molar refractivity (Wildman–Crippen MR) is 80.2 cm³/mol. The van der Waals surface area contributed by atoms with Crippen LogP contribution in [0.1, 0.15) is 12.0 Å². The molecule has 0 aliphatic carbocycles. The smallest absolute Gasteiger partial charge is 0.327 e. The first-order valence-electron chi connectivity index (χ1n) is 6.75. The molecule has 0 unspecified atom stereocenters. The van der Waals surface area contributed by atoms with E-state index in [0.29, 0.717) is 19.6 Å². The molecule has 5 heteroatoms. The van der Waals surface area contributed by atoms with Gasteiger partial charge in [-0.3, -0.25) is 4.57 Å². The Labute approximate surface area is 123 Å². The van der Waals surface area contributed by atoms with Crippen LogP contribution >= 0.6 is 0 Å². The van der Waals surface area contributed by atoms with Gasteiger partial charge in [0.2, 0.25) is 0 Å². The van der Waals surface area contributed by atoms with E-state index in [0.717, 1.165) is 11.3 Å². The molecule has 0 saturated heterocycles. The van der Waals surface area contributed by atoms with Gasteiger partial charge in [-0.1, -0.05) is 11.8 Å². The molecule has 1 aromatic heterocycles. The number of nitrogens with zero attached hydrogens (tertiary/aromatic N) is 2. The van der Waals surface area contributed by atoms with Crippen LogP contribution in [-0.4, -0.2) is 27.5 Å². The number of benzene rings is 1. The summed E-state index contributed by atoms with van der Waals surface area (Å²) in [5, 5.41) is 8.65. The first kappa shape index (κ1) is 14.9. The van der Waals surface area contributed by atoms with E-state index in [9.17, 15) is 4.79 Å². The molecule has 110 valence electrons. The second kappa shape index (κ2) is 7.36. The molecule has 5 nitrogen and oxygen atoms in total. The SMILES string of the molecule is Cn1ccn(CCOc2ccc(C#CCCO)cc2)c1=O. The van der Waals surface area contributed by atoms with Crippen LogP contribution in [0.15, 0.2) is 41.5 Å². The van der Waals surface area contributed by atoms with Crippen molar-refractivity contribution in [1.82, 2.24) is 9.13 Å². The number of aryl methyl sites for hydroxylation is 1. The van der Waals surface area contributed by atoms with E-state index in [1.807, 2.05) is 24.3 Å². The van der Waals surface area contributed by atoms with Crippen LogP contribution in [0.5, 0.6) is 5.75 Å². The fraction of sp³-hybridized carbons (Fsp3) is 0.312. The number of hydrogen-bond acceptors (Lipinski definition) is 3. The van der Waals surface area contributed by atoms with Crippen LogP contribution in [0, 0.1) is 11.8 Å². The molecule has 0 aliphatic heterocycles. The van der Waals surface area contributed by atoms with Crippen LogP contribution in [-0.2, 0) is 13.6 Å². The minimum atomic E-state index is -0.0481. The third kappa shape index (κ3) is 4.26. The second-order valence-electron chi connectivity index (χ2n) is 4.53. The summed E-state index contributed by atoms with van der Waals surface area (Å²) in [4.78, 5) is 11.6. The van der Waals surface area contributed by atoms with E-state index in [1.54, 1.807) is 24.0 Å². The normalized spacial score (nSPS) is 10.0. The molecule has 0 bridgehead atoms. The zero-order chi connectivity index (χ0) is 15.1. The third-order valence-electron chi connectivity index (χ3n) is 2.94. The highest BCUT2D eigenvalue weighted by atomic mass is 16.5. The van der Waals surface area contributed by atoms with Crippen LogP contribution in [0.3, 0.4) is 0 Å². The summed E-state index contributed by atoms with van der Waals surface area (Å²) >= 11 is 0. The third-order valence-corrected chi connectivity index (χ3v) is 2.94. The largest absolute Gasteiger partial charge is 0.492 e. The van der Waals surface area contributed by atoms with Gasteiger partial charge in [0.25, 0.3) is 0 Å². The lowest BCUT2D eigenvalue weighted by atomic mass is 10.2. The number of imidazole rings is 1. The van der Waals surface area contributed by atoms with Gasteiger partial charge in [-0.2, -0.15) is 0 Å². The number of aliphatic hydroxyl groups excluding tert-OH is 1. The topological polar surface area (TPSA) is 56.4 Å². The molecule has 0 fully saturated rings. The lowest BCUT2D eigenvalue weighted by Crippen LogP contribution is -2.24. The minimum absolute atomic E-state index is 0.0481. The molecular weight excluding hydrogens is 268 g/mol. The van der Waals surface area contributed by atoms with E-state index in [2.05, 4.69) is 11.8 Å². The second-order valence-corrected chi connectivity index (χ2v) is 4.53.